The molecule has 1 aliphatic carbocycles. The quantitative estimate of drug-likeness (QED) is 0.775. The molecule has 1 unspecified atom stereocenters. The second-order valence-corrected chi connectivity index (χ2v) is 4.38. The van der Waals surface area contributed by atoms with Crippen LogP contribution in [0.15, 0.2) is 23.4 Å². The summed E-state index contributed by atoms with van der Waals surface area (Å²) in [7, 11) is 1.55. The van der Waals surface area contributed by atoms with Gasteiger partial charge >= 0.3 is 0 Å². The van der Waals surface area contributed by atoms with Crippen LogP contribution < -0.4 is 0 Å². The molecule has 1 aromatic carbocycles. The molecule has 4 nitrogen and oxygen atoms in total. The SMILES string of the molecule is CON=C1CCCC(c2ccc(O)cc2O)C1. The van der Waals surface area contributed by atoms with Crippen molar-refractivity contribution in [1.29, 1.82) is 0 Å². The Hall–Kier alpha value is -1.71. The fraction of sp³-hybridized carbons (Fsp3) is 0.462. The third kappa shape index (κ3) is 2.70. The predicted octanol–water partition coefficient (Wildman–Crippen LogP) is 2.76. The predicted molar refractivity (Wildman–Crippen MR) is 65.4 cm³/mol. The van der Waals surface area contributed by atoms with Gasteiger partial charge in [-0.2, -0.15) is 0 Å². The second kappa shape index (κ2) is 5.08. The van der Waals surface area contributed by atoms with Crippen molar-refractivity contribution in [2.24, 2.45) is 5.16 Å². The summed E-state index contributed by atoms with van der Waals surface area (Å²) in [6.07, 6.45) is 3.85. The lowest BCUT2D eigenvalue weighted by molar-refractivity contribution is 0.210. The van der Waals surface area contributed by atoms with Crippen molar-refractivity contribution in [2.75, 3.05) is 7.11 Å². The van der Waals surface area contributed by atoms with Crippen molar-refractivity contribution in [3.8, 4) is 11.5 Å². The lowest BCUT2D eigenvalue weighted by Gasteiger charge is -2.23. The van der Waals surface area contributed by atoms with Crippen molar-refractivity contribution in [1.82, 2.24) is 0 Å². The molecular weight excluding hydrogens is 218 g/mol. The first-order chi connectivity index (χ1) is 8.20. The molecule has 2 N–H and O–H groups in total. The summed E-state index contributed by atoms with van der Waals surface area (Å²) in [5.41, 5.74) is 1.92. The summed E-state index contributed by atoms with van der Waals surface area (Å²) >= 11 is 0. The van der Waals surface area contributed by atoms with Crippen LogP contribution in [-0.4, -0.2) is 23.0 Å². The Labute approximate surface area is 101 Å². The highest BCUT2D eigenvalue weighted by atomic mass is 16.6. The van der Waals surface area contributed by atoms with E-state index >= 15 is 0 Å². The van der Waals surface area contributed by atoms with Crippen LogP contribution in [-0.2, 0) is 4.84 Å². The van der Waals surface area contributed by atoms with Crippen LogP contribution in [0.5, 0.6) is 11.5 Å². The van der Waals surface area contributed by atoms with E-state index in [1.54, 1.807) is 19.2 Å². The van der Waals surface area contributed by atoms with Crippen LogP contribution in [0.4, 0.5) is 0 Å². The van der Waals surface area contributed by atoms with Crippen molar-refractivity contribution >= 4 is 5.71 Å². The lowest BCUT2D eigenvalue weighted by atomic mass is 9.82. The maximum Gasteiger partial charge on any atom is 0.122 e. The average molecular weight is 235 g/mol. The normalized spacial score (nSPS) is 22.6. The maximum atomic E-state index is 9.83. The smallest absolute Gasteiger partial charge is 0.122 e. The number of oxime groups is 1. The number of rotatable bonds is 2. The van der Waals surface area contributed by atoms with Gasteiger partial charge in [0.15, 0.2) is 0 Å². The van der Waals surface area contributed by atoms with E-state index in [-0.39, 0.29) is 17.4 Å². The summed E-state index contributed by atoms with van der Waals surface area (Å²) in [6.45, 7) is 0. The molecule has 0 aromatic heterocycles. The molecule has 1 aliphatic rings. The van der Waals surface area contributed by atoms with Crippen LogP contribution in [0.1, 0.15) is 37.2 Å². The zero-order chi connectivity index (χ0) is 12.3. The number of hydrogen-bond donors (Lipinski definition) is 2. The van der Waals surface area contributed by atoms with Crippen LogP contribution in [0.3, 0.4) is 0 Å². The van der Waals surface area contributed by atoms with Crippen molar-refractivity contribution in [2.45, 2.75) is 31.6 Å². The van der Waals surface area contributed by atoms with E-state index in [1.165, 1.54) is 6.07 Å². The number of phenols is 2. The first kappa shape index (κ1) is 11.8. The fourth-order valence-electron chi connectivity index (χ4n) is 2.40. The van der Waals surface area contributed by atoms with Gasteiger partial charge in [-0.3, -0.25) is 0 Å². The molecular formula is C13H17NO3. The molecule has 0 saturated heterocycles. The van der Waals surface area contributed by atoms with Gasteiger partial charge in [0, 0.05) is 6.07 Å². The summed E-state index contributed by atoms with van der Waals surface area (Å²) in [6, 6.07) is 4.78. The summed E-state index contributed by atoms with van der Waals surface area (Å²) in [4.78, 5) is 4.80. The number of nitrogens with zero attached hydrogens (tertiary/aromatic N) is 1. The number of hydrogen-bond acceptors (Lipinski definition) is 4. The summed E-state index contributed by atoms with van der Waals surface area (Å²) in [5, 5.41) is 23.1. The lowest BCUT2D eigenvalue weighted by Crippen LogP contribution is -2.14. The van der Waals surface area contributed by atoms with Gasteiger partial charge in [-0.25, -0.2) is 0 Å². The summed E-state index contributed by atoms with van der Waals surface area (Å²) in [5.74, 6) is 0.514. The maximum absolute atomic E-state index is 9.83. The third-order valence-corrected chi connectivity index (χ3v) is 3.17. The molecule has 0 radical (unpaired) electrons. The first-order valence-corrected chi connectivity index (χ1v) is 5.81. The molecule has 0 bridgehead atoms. The first-order valence-electron chi connectivity index (χ1n) is 5.81. The Morgan fingerprint density at radius 1 is 1.35 bits per heavy atom. The topological polar surface area (TPSA) is 62.0 Å². The summed E-state index contributed by atoms with van der Waals surface area (Å²) < 4.78 is 0. The van der Waals surface area contributed by atoms with Crippen molar-refractivity contribution < 1.29 is 15.1 Å². The van der Waals surface area contributed by atoms with Gasteiger partial charge in [0.25, 0.3) is 0 Å². The van der Waals surface area contributed by atoms with Crippen LogP contribution in [0.25, 0.3) is 0 Å². The Kier molecular flexibility index (Phi) is 3.52. The van der Waals surface area contributed by atoms with Gasteiger partial charge in [0.1, 0.15) is 18.6 Å². The molecule has 92 valence electrons. The molecule has 1 fully saturated rings. The monoisotopic (exact) mass is 235 g/mol. The molecule has 17 heavy (non-hydrogen) atoms. The molecule has 4 heteroatoms. The molecule has 0 heterocycles. The molecule has 0 spiro atoms. The molecule has 1 atom stereocenters. The van der Waals surface area contributed by atoms with Crippen LogP contribution >= 0.6 is 0 Å². The van der Waals surface area contributed by atoms with Gasteiger partial charge in [-0.05, 0) is 43.2 Å². The highest BCUT2D eigenvalue weighted by molar-refractivity contribution is 5.85. The van der Waals surface area contributed by atoms with Crippen molar-refractivity contribution in [3.63, 3.8) is 0 Å². The van der Waals surface area contributed by atoms with E-state index in [1.807, 2.05) is 0 Å². The molecule has 0 amide bonds. The molecule has 0 aliphatic heterocycles. The second-order valence-electron chi connectivity index (χ2n) is 4.38. The number of benzene rings is 1. The Bertz CT molecular complexity index is 429. The molecule has 1 aromatic rings. The van der Waals surface area contributed by atoms with E-state index in [0.29, 0.717) is 0 Å². The van der Waals surface area contributed by atoms with Gasteiger partial charge in [0.2, 0.25) is 0 Å². The highest BCUT2D eigenvalue weighted by Crippen LogP contribution is 2.37. The van der Waals surface area contributed by atoms with E-state index in [0.717, 1.165) is 37.0 Å². The zero-order valence-electron chi connectivity index (χ0n) is 9.89. The molecule has 1 saturated carbocycles. The zero-order valence-corrected chi connectivity index (χ0v) is 9.89. The Balaban J connectivity index is 2.19. The largest absolute Gasteiger partial charge is 0.508 e. The van der Waals surface area contributed by atoms with Crippen LogP contribution in [0.2, 0.25) is 0 Å². The van der Waals surface area contributed by atoms with Gasteiger partial charge in [0.05, 0.1) is 5.71 Å². The third-order valence-electron chi connectivity index (χ3n) is 3.17. The van der Waals surface area contributed by atoms with Gasteiger partial charge in [-0.15, -0.1) is 0 Å². The van der Waals surface area contributed by atoms with Gasteiger partial charge < -0.3 is 15.1 Å². The average Bonchev–Trinajstić information content (AvgIpc) is 2.29. The number of phenolic OH excluding ortho intramolecular Hbond substituents is 2. The van der Waals surface area contributed by atoms with E-state index in [4.69, 9.17) is 4.84 Å². The van der Waals surface area contributed by atoms with E-state index in [9.17, 15) is 10.2 Å². The Morgan fingerprint density at radius 3 is 2.88 bits per heavy atom. The molecule has 2 rings (SSSR count). The number of aromatic hydroxyl groups is 2. The minimum Gasteiger partial charge on any atom is -0.508 e. The van der Waals surface area contributed by atoms with E-state index in [2.05, 4.69) is 5.16 Å². The standard InChI is InChI=1S/C13H17NO3/c1-17-14-10-4-2-3-9(7-10)12-6-5-11(15)8-13(12)16/h5-6,8-9,15-16H,2-4,7H2,1H3. The Morgan fingerprint density at radius 2 is 2.18 bits per heavy atom. The van der Waals surface area contributed by atoms with Crippen LogP contribution in [0, 0.1) is 0 Å². The van der Waals surface area contributed by atoms with Crippen molar-refractivity contribution in [3.05, 3.63) is 23.8 Å². The minimum atomic E-state index is 0.0906. The minimum absolute atomic E-state index is 0.0906. The fourth-order valence-corrected chi connectivity index (χ4v) is 2.40. The van der Waals surface area contributed by atoms with E-state index < -0.39 is 0 Å². The van der Waals surface area contributed by atoms with Gasteiger partial charge in [-0.1, -0.05) is 11.2 Å². The highest BCUT2D eigenvalue weighted by Gasteiger charge is 2.22.